The lowest BCUT2D eigenvalue weighted by molar-refractivity contribution is -0.137. The van der Waals surface area contributed by atoms with Gasteiger partial charge in [0, 0.05) is 18.0 Å². The van der Waals surface area contributed by atoms with Crippen LogP contribution in [0.4, 0.5) is 4.79 Å². The van der Waals surface area contributed by atoms with Gasteiger partial charge in [0.1, 0.15) is 5.60 Å². The summed E-state index contributed by atoms with van der Waals surface area (Å²) in [6.45, 7) is 5.10. The minimum absolute atomic E-state index is 0.171. The minimum atomic E-state index is -1.11. The summed E-state index contributed by atoms with van der Waals surface area (Å²) in [5, 5.41) is 11.8. The number of amides is 1. The number of nitrogens with one attached hydrogen (secondary N) is 1. The van der Waals surface area contributed by atoms with Crippen molar-refractivity contribution >= 4 is 35.3 Å². The standard InChI is InChI=1S/C13H16Cl2N2O4/c1-13(2,3)21-12(20)17-9(4-10(18)19)11-7(14)5-16-6-8(11)15/h5-6,9H,4H2,1-3H3,(H,17,20)(H,18,19)/t9-/m1/s1. The molecule has 0 unspecified atom stereocenters. The number of nitrogens with zero attached hydrogens (tertiary/aromatic N) is 1. The Labute approximate surface area is 132 Å². The molecule has 1 heterocycles. The number of aromatic nitrogens is 1. The van der Waals surface area contributed by atoms with E-state index in [1.165, 1.54) is 12.4 Å². The molecule has 0 radical (unpaired) electrons. The highest BCUT2D eigenvalue weighted by Gasteiger charge is 2.25. The van der Waals surface area contributed by atoms with Crippen LogP contribution < -0.4 is 5.32 Å². The van der Waals surface area contributed by atoms with E-state index in [0.29, 0.717) is 5.56 Å². The highest BCUT2D eigenvalue weighted by atomic mass is 35.5. The third-order valence-electron chi connectivity index (χ3n) is 2.31. The lowest BCUT2D eigenvalue weighted by Gasteiger charge is -2.24. The molecule has 6 nitrogen and oxygen atoms in total. The van der Waals surface area contributed by atoms with Gasteiger partial charge in [0.15, 0.2) is 0 Å². The molecule has 0 fully saturated rings. The van der Waals surface area contributed by atoms with Gasteiger partial charge in [0.05, 0.1) is 22.5 Å². The Hall–Kier alpha value is -1.53. The average Bonchev–Trinajstić information content (AvgIpc) is 2.24. The fraction of sp³-hybridized carbons (Fsp3) is 0.462. The summed E-state index contributed by atoms with van der Waals surface area (Å²) < 4.78 is 5.11. The van der Waals surface area contributed by atoms with Crippen LogP contribution in [0.1, 0.15) is 38.8 Å². The lowest BCUT2D eigenvalue weighted by Crippen LogP contribution is -2.36. The topological polar surface area (TPSA) is 88.5 Å². The number of aliphatic carboxylic acids is 1. The third kappa shape index (κ3) is 5.77. The number of pyridine rings is 1. The third-order valence-corrected chi connectivity index (χ3v) is 2.91. The molecule has 2 N–H and O–H groups in total. The molecule has 0 saturated heterocycles. The Balaban J connectivity index is 3.01. The highest BCUT2D eigenvalue weighted by Crippen LogP contribution is 2.31. The smallest absolute Gasteiger partial charge is 0.408 e. The summed E-state index contributed by atoms with van der Waals surface area (Å²) in [7, 11) is 0. The number of hydrogen-bond acceptors (Lipinski definition) is 4. The van der Waals surface area contributed by atoms with E-state index in [4.69, 9.17) is 33.0 Å². The van der Waals surface area contributed by atoms with E-state index in [2.05, 4.69) is 10.3 Å². The Morgan fingerprint density at radius 3 is 2.29 bits per heavy atom. The first-order valence-corrected chi connectivity index (χ1v) is 6.86. The summed E-state index contributed by atoms with van der Waals surface area (Å²) in [6, 6.07) is -0.916. The summed E-state index contributed by atoms with van der Waals surface area (Å²) in [4.78, 5) is 26.6. The van der Waals surface area contributed by atoms with E-state index in [-0.39, 0.29) is 16.5 Å². The number of hydrogen-bond donors (Lipinski definition) is 2. The Bertz CT molecular complexity index is 523. The normalized spacial score (nSPS) is 12.6. The van der Waals surface area contributed by atoms with Crippen LogP contribution in [0, 0.1) is 0 Å². The van der Waals surface area contributed by atoms with Crippen LogP contribution in [-0.2, 0) is 9.53 Å². The number of rotatable bonds is 4. The maximum atomic E-state index is 11.8. The molecular weight excluding hydrogens is 319 g/mol. The van der Waals surface area contributed by atoms with Gasteiger partial charge in [-0.1, -0.05) is 23.2 Å². The van der Waals surface area contributed by atoms with E-state index < -0.39 is 23.7 Å². The fourth-order valence-corrected chi connectivity index (χ4v) is 2.23. The predicted octanol–water partition coefficient (Wildman–Crippen LogP) is 3.43. The van der Waals surface area contributed by atoms with Gasteiger partial charge in [0.25, 0.3) is 0 Å². The molecule has 8 heteroatoms. The van der Waals surface area contributed by atoms with Crippen LogP contribution >= 0.6 is 23.2 Å². The van der Waals surface area contributed by atoms with Crippen molar-refractivity contribution in [2.24, 2.45) is 0 Å². The zero-order valence-corrected chi connectivity index (χ0v) is 13.3. The lowest BCUT2D eigenvalue weighted by atomic mass is 10.1. The van der Waals surface area contributed by atoms with Crippen LogP contribution in [0.5, 0.6) is 0 Å². The first-order chi connectivity index (χ1) is 9.60. The van der Waals surface area contributed by atoms with Gasteiger partial charge < -0.3 is 15.2 Å². The van der Waals surface area contributed by atoms with Gasteiger partial charge in [-0.25, -0.2) is 4.79 Å². The van der Waals surface area contributed by atoms with Crippen LogP contribution in [-0.4, -0.2) is 27.8 Å². The summed E-state index contributed by atoms with van der Waals surface area (Å²) in [6.07, 6.45) is 1.52. The maximum absolute atomic E-state index is 11.8. The zero-order chi connectivity index (χ0) is 16.2. The second-order valence-corrected chi connectivity index (χ2v) is 6.13. The van der Waals surface area contributed by atoms with Crippen molar-refractivity contribution in [1.82, 2.24) is 10.3 Å². The van der Waals surface area contributed by atoms with Crippen LogP contribution in [0.25, 0.3) is 0 Å². The molecule has 116 valence electrons. The first-order valence-electron chi connectivity index (χ1n) is 6.10. The molecule has 1 aromatic rings. The van der Waals surface area contributed by atoms with Gasteiger partial charge in [-0.05, 0) is 20.8 Å². The molecule has 1 rings (SSSR count). The molecule has 0 spiro atoms. The van der Waals surface area contributed by atoms with Gasteiger partial charge in [0.2, 0.25) is 0 Å². The molecule has 0 saturated carbocycles. The Morgan fingerprint density at radius 1 is 1.33 bits per heavy atom. The monoisotopic (exact) mass is 334 g/mol. The number of carboxylic acids is 1. The van der Waals surface area contributed by atoms with Crippen molar-refractivity contribution in [3.63, 3.8) is 0 Å². The number of carbonyl (C=O) groups is 2. The SMILES string of the molecule is CC(C)(C)OC(=O)N[C@H](CC(=O)O)c1c(Cl)cncc1Cl. The fourth-order valence-electron chi connectivity index (χ4n) is 1.60. The molecule has 1 amide bonds. The van der Waals surface area contributed by atoms with Crippen LogP contribution in [0.3, 0.4) is 0 Å². The molecule has 21 heavy (non-hydrogen) atoms. The van der Waals surface area contributed by atoms with Crippen molar-refractivity contribution in [3.8, 4) is 0 Å². The summed E-state index contributed by atoms with van der Waals surface area (Å²) >= 11 is 12.0. The van der Waals surface area contributed by atoms with Gasteiger partial charge >= 0.3 is 12.1 Å². The molecular formula is C13H16Cl2N2O4. The first kappa shape index (κ1) is 17.5. The van der Waals surface area contributed by atoms with Crippen LogP contribution in [0.2, 0.25) is 10.0 Å². The average molecular weight is 335 g/mol. The zero-order valence-electron chi connectivity index (χ0n) is 11.8. The Morgan fingerprint density at radius 2 is 1.86 bits per heavy atom. The van der Waals surface area contributed by atoms with Gasteiger partial charge in [-0.3, -0.25) is 9.78 Å². The van der Waals surface area contributed by atoms with Gasteiger partial charge in [-0.2, -0.15) is 0 Å². The van der Waals surface area contributed by atoms with Gasteiger partial charge in [-0.15, -0.1) is 0 Å². The second kappa shape index (κ2) is 6.95. The highest BCUT2D eigenvalue weighted by molar-refractivity contribution is 6.35. The van der Waals surface area contributed by atoms with Crippen LogP contribution in [0.15, 0.2) is 12.4 Å². The van der Waals surface area contributed by atoms with E-state index in [1.807, 2.05) is 0 Å². The number of halogens is 2. The van der Waals surface area contributed by atoms with Crippen molar-refractivity contribution in [1.29, 1.82) is 0 Å². The second-order valence-electron chi connectivity index (χ2n) is 5.31. The summed E-state index contributed by atoms with van der Waals surface area (Å²) in [5.41, 5.74) is -0.412. The van der Waals surface area contributed by atoms with E-state index >= 15 is 0 Å². The molecule has 0 bridgehead atoms. The van der Waals surface area contributed by atoms with E-state index in [9.17, 15) is 9.59 Å². The minimum Gasteiger partial charge on any atom is -0.481 e. The molecule has 0 aliphatic carbocycles. The Kier molecular flexibility index (Phi) is 5.80. The molecule has 0 aromatic carbocycles. The van der Waals surface area contributed by atoms with Crippen molar-refractivity contribution in [2.45, 2.75) is 38.8 Å². The molecule has 0 aliphatic rings. The summed E-state index contributed by atoms with van der Waals surface area (Å²) in [5.74, 6) is -1.11. The number of ether oxygens (including phenoxy) is 1. The predicted molar refractivity (Wildman–Crippen MR) is 78.6 cm³/mol. The molecule has 1 aromatic heterocycles. The van der Waals surface area contributed by atoms with Crippen molar-refractivity contribution < 1.29 is 19.4 Å². The number of carbonyl (C=O) groups excluding carboxylic acids is 1. The quantitative estimate of drug-likeness (QED) is 0.880. The maximum Gasteiger partial charge on any atom is 0.408 e. The number of carboxylic acid groups (broad SMARTS) is 1. The van der Waals surface area contributed by atoms with E-state index in [1.54, 1.807) is 20.8 Å². The van der Waals surface area contributed by atoms with Crippen molar-refractivity contribution in [2.75, 3.05) is 0 Å². The largest absolute Gasteiger partial charge is 0.481 e. The van der Waals surface area contributed by atoms with E-state index in [0.717, 1.165) is 0 Å². The number of alkyl carbamates (subject to hydrolysis) is 1. The molecule has 1 atom stereocenters. The van der Waals surface area contributed by atoms with Crippen molar-refractivity contribution in [3.05, 3.63) is 28.0 Å². The molecule has 0 aliphatic heterocycles.